The van der Waals surface area contributed by atoms with E-state index in [1.54, 1.807) is 6.92 Å². The van der Waals surface area contributed by atoms with Crippen LogP contribution in [-0.2, 0) is 0 Å². The summed E-state index contributed by atoms with van der Waals surface area (Å²) in [4.78, 5) is 7.86. The Morgan fingerprint density at radius 2 is 1.79 bits per heavy atom. The average molecular weight is 280 g/mol. The molecule has 19 heavy (non-hydrogen) atoms. The second-order valence-corrected chi connectivity index (χ2v) is 4.14. The largest absolute Gasteiger partial charge is 0.490 e. The third-order valence-electron chi connectivity index (χ3n) is 2.41. The van der Waals surface area contributed by atoms with Crippen LogP contribution in [0.25, 0.3) is 0 Å². The smallest absolute Gasteiger partial charge is 0.242 e. The Balaban J connectivity index is 1.86. The van der Waals surface area contributed by atoms with Crippen molar-refractivity contribution in [2.45, 2.75) is 6.92 Å². The highest BCUT2D eigenvalue weighted by molar-refractivity contribution is 6.28. The molecule has 0 saturated heterocycles. The van der Waals surface area contributed by atoms with Crippen molar-refractivity contribution in [1.29, 1.82) is 0 Å². The molecule has 5 nitrogen and oxygen atoms in total. The van der Waals surface area contributed by atoms with E-state index in [0.717, 1.165) is 5.75 Å². The highest BCUT2D eigenvalue weighted by Crippen LogP contribution is 2.22. The Morgan fingerprint density at radius 1 is 1.11 bits per heavy atom. The second-order valence-electron chi connectivity index (χ2n) is 3.81. The predicted molar refractivity (Wildman–Crippen MR) is 73.6 cm³/mol. The number of rotatable bonds is 5. The normalized spacial score (nSPS) is 10.2. The van der Waals surface area contributed by atoms with Crippen molar-refractivity contribution in [3.8, 4) is 11.6 Å². The number of aryl methyl sites for hydroxylation is 1. The number of para-hydroxylation sites is 1. The first-order chi connectivity index (χ1) is 9.16. The topological polar surface area (TPSA) is 70.3 Å². The molecule has 2 N–H and O–H groups in total. The zero-order valence-corrected chi connectivity index (χ0v) is 11.2. The van der Waals surface area contributed by atoms with E-state index in [-0.39, 0.29) is 11.2 Å². The lowest BCUT2D eigenvalue weighted by molar-refractivity contribution is 0.212. The third-order valence-corrected chi connectivity index (χ3v) is 2.58. The van der Waals surface area contributed by atoms with Crippen molar-refractivity contribution >= 4 is 17.3 Å². The van der Waals surface area contributed by atoms with E-state index < -0.39 is 0 Å². The first-order valence-electron chi connectivity index (χ1n) is 5.77. The van der Waals surface area contributed by atoms with E-state index in [0.29, 0.717) is 24.6 Å². The molecule has 0 spiro atoms. The van der Waals surface area contributed by atoms with Gasteiger partial charge in [-0.05, 0) is 30.7 Å². The summed E-state index contributed by atoms with van der Waals surface area (Å²) < 4.78 is 10.9. The van der Waals surface area contributed by atoms with Crippen molar-refractivity contribution in [3.63, 3.8) is 0 Å². The molecule has 0 aliphatic carbocycles. The molecule has 0 radical (unpaired) electrons. The maximum absolute atomic E-state index is 5.80. The Morgan fingerprint density at radius 3 is 2.53 bits per heavy atom. The van der Waals surface area contributed by atoms with Gasteiger partial charge in [-0.1, -0.05) is 18.2 Å². The third kappa shape index (κ3) is 3.72. The molecule has 2 rings (SSSR count). The number of anilines is 1. The average Bonchev–Trinajstić information content (AvgIpc) is 2.41. The van der Waals surface area contributed by atoms with Crippen molar-refractivity contribution < 1.29 is 9.47 Å². The van der Waals surface area contributed by atoms with Crippen LogP contribution in [0.15, 0.2) is 30.3 Å². The minimum Gasteiger partial charge on any atom is -0.490 e. The van der Waals surface area contributed by atoms with E-state index in [1.165, 1.54) is 0 Å². The number of hydrogen-bond acceptors (Lipinski definition) is 5. The number of ether oxygens (including phenoxy) is 2. The maximum atomic E-state index is 5.80. The van der Waals surface area contributed by atoms with Gasteiger partial charge in [0, 0.05) is 0 Å². The Hall–Kier alpha value is -2.01. The Kier molecular flexibility index (Phi) is 4.41. The highest BCUT2D eigenvalue weighted by Gasteiger charge is 2.08. The number of hydrogen-bond donors (Lipinski definition) is 1. The summed E-state index contributed by atoms with van der Waals surface area (Å²) in [5.74, 6) is 1.07. The van der Waals surface area contributed by atoms with Gasteiger partial charge in [0.2, 0.25) is 11.2 Å². The molecular weight excluding hydrogens is 266 g/mol. The minimum atomic E-state index is 0.116. The molecule has 0 amide bonds. The van der Waals surface area contributed by atoms with Gasteiger partial charge >= 0.3 is 0 Å². The van der Waals surface area contributed by atoms with Gasteiger partial charge in [0.15, 0.2) is 0 Å². The van der Waals surface area contributed by atoms with Gasteiger partial charge in [-0.25, -0.2) is 4.98 Å². The molecule has 1 heterocycles. The van der Waals surface area contributed by atoms with Crippen molar-refractivity contribution in [3.05, 3.63) is 41.3 Å². The van der Waals surface area contributed by atoms with Crippen LogP contribution in [0, 0.1) is 6.92 Å². The molecule has 100 valence electrons. The van der Waals surface area contributed by atoms with Crippen molar-refractivity contribution in [1.82, 2.24) is 9.97 Å². The summed E-state index contributed by atoms with van der Waals surface area (Å²) in [7, 11) is 0. The van der Waals surface area contributed by atoms with Crippen molar-refractivity contribution in [2.75, 3.05) is 18.9 Å². The fourth-order valence-electron chi connectivity index (χ4n) is 1.45. The quantitative estimate of drug-likeness (QED) is 0.672. The molecule has 1 aromatic heterocycles. The summed E-state index contributed by atoms with van der Waals surface area (Å²) >= 11 is 5.74. The molecule has 1 aromatic carbocycles. The van der Waals surface area contributed by atoms with Crippen molar-refractivity contribution in [2.24, 2.45) is 0 Å². The van der Waals surface area contributed by atoms with Gasteiger partial charge in [-0.15, -0.1) is 0 Å². The van der Waals surface area contributed by atoms with Gasteiger partial charge in [-0.3, -0.25) is 0 Å². The molecule has 0 atom stereocenters. The fourth-order valence-corrected chi connectivity index (χ4v) is 1.65. The summed E-state index contributed by atoms with van der Waals surface area (Å²) in [5, 5.41) is 0.116. The molecular formula is C13H14ClN3O2. The van der Waals surface area contributed by atoms with E-state index in [2.05, 4.69) is 9.97 Å². The zero-order chi connectivity index (χ0) is 13.7. The van der Waals surface area contributed by atoms with Gasteiger partial charge in [0.1, 0.15) is 24.7 Å². The standard InChI is InChI=1S/C13H14ClN3O2/c1-9-11(15)12(17-13(14)16-9)19-8-7-18-10-5-3-2-4-6-10/h2-6H,7-8,15H2,1H3. The fraction of sp³-hybridized carbons (Fsp3) is 0.231. The van der Waals surface area contributed by atoms with E-state index in [9.17, 15) is 0 Å². The first-order valence-corrected chi connectivity index (χ1v) is 6.15. The molecule has 0 unspecified atom stereocenters. The summed E-state index contributed by atoms with van der Waals surface area (Å²) in [5.41, 5.74) is 6.78. The van der Waals surface area contributed by atoms with E-state index >= 15 is 0 Å². The maximum Gasteiger partial charge on any atom is 0.242 e. The zero-order valence-electron chi connectivity index (χ0n) is 10.5. The lowest BCUT2D eigenvalue weighted by Gasteiger charge is -2.10. The van der Waals surface area contributed by atoms with Gasteiger partial charge in [0.25, 0.3) is 0 Å². The first kappa shape index (κ1) is 13.4. The molecule has 0 fully saturated rings. The predicted octanol–water partition coefficient (Wildman–Crippen LogP) is 2.48. The SMILES string of the molecule is Cc1nc(Cl)nc(OCCOc2ccccc2)c1N. The van der Waals surface area contributed by atoms with Crippen LogP contribution in [0.2, 0.25) is 5.28 Å². The van der Waals surface area contributed by atoms with Gasteiger partial charge < -0.3 is 15.2 Å². The number of nitrogens with two attached hydrogens (primary N) is 1. The minimum absolute atomic E-state index is 0.116. The summed E-state index contributed by atoms with van der Waals surface area (Å²) in [6, 6.07) is 9.49. The van der Waals surface area contributed by atoms with Gasteiger partial charge in [0.05, 0.1) is 5.69 Å². The molecule has 6 heteroatoms. The number of nitrogens with zero attached hydrogens (tertiary/aromatic N) is 2. The van der Waals surface area contributed by atoms with Crippen LogP contribution in [0.3, 0.4) is 0 Å². The number of nitrogen functional groups attached to an aromatic ring is 1. The number of aromatic nitrogens is 2. The summed E-state index contributed by atoms with van der Waals surface area (Å²) in [6.45, 7) is 2.46. The van der Waals surface area contributed by atoms with Crippen LogP contribution < -0.4 is 15.2 Å². The van der Waals surface area contributed by atoms with Crippen LogP contribution in [0.1, 0.15) is 5.69 Å². The van der Waals surface area contributed by atoms with Crippen LogP contribution in [-0.4, -0.2) is 23.2 Å². The molecule has 0 aliphatic rings. The highest BCUT2D eigenvalue weighted by atomic mass is 35.5. The Bertz CT molecular complexity index is 549. The van der Waals surface area contributed by atoms with Gasteiger partial charge in [-0.2, -0.15) is 4.98 Å². The second kappa shape index (κ2) is 6.24. The molecule has 2 aromatic rings. The van der Waals surface area contributed by atoms with Crippen LogP contribution >= 0.6 is 11.6 Å². The summed E-state index contributed by atoms with van der Waals surface area (Å²) in [6.07, 6.45) is 0. The Labute approximate surface area is 116 Å². The number of halogens is 1. The molecule has 0 saturated carbocycles. The van der Waals surface area contributed by atoms with Crippen LogP contribution in [0.5, 0.6) is 11.6 Å². The van der Waals surface area contributed by atoms with Crippen LogP contribution in [0.4, 0.5) is 5.69 Å². The lowest BCUT2D eigenvalue weighted by atomic mass is 10.3. The van der Waals surface area contributed by atoms with E-state index in [1.807, 2.05) is 30.3 Å². The number of benzene rings is 1. The molecule has 0 bridgehead atoms. The molecule has 0 aliphatic heterocycles. The lowest BCUT2D eigenvalue weighted by Crippen LogP contribution is -2.11. The monoisotopic (exact) mass is 279 g/mol. The van der Waals surface area contributed by atoms with E-state index in [4.69, 9.17) is 26.8 Å².